The SMILES string of the molecule is CC(C)(C)c1ccc(NC(=O)C(=O)N2CCCCCC2)cc1. The molecule has 1 heterocycles. The van der Waals surface area contributed by atoms with Gasteiger partial charge in [0.15, 0.2) is 0 Å². The van der Waals surface area contributed by atoms with Crippen molar-refractivity contribution in [3.8, 4) is 0 Å². The Hall–Kier alpha value is -1.84. The van der Waals surface area contributed by atoms with Gasteiger partial charge in [-0.25, -0.2) is 0 Å². The summed E-state index contributed by atoms with van der Waals surface area (Å²) in [5.41, 5.74) is 1.94. The van der Waals surface area contributed by atoms with Crippen LogP contribution in [-0.4, -0.2) is 29.8 Å². The molecule has 1 aromatic carbocycles. The highest BCUT2D eigenvalue weighted by molar-refractivity contribution is 6.39. The third kappa shape index (κ3) is 4.33. The van der Waals surface area contributed by atoms with E-state index < -0.39 is 11.8 Å². The first-order chi connectivity index (χ1) is 10.4. The maximum absolute atomic E-state index is 12.2. The molecule has 1 saturated heterocycles. The molecule has 1 aliphatic rings. The minimum Gasteiger partial charge on any atom is -0.334 e. The Morgan fingerprint density at radius 2 is 1.50 bits per heavy atom. The molecule has 2 amide bonds. The van der Waals surface area contributed by atoms with E-state index in [9.17, 15) is 9.59 Å². The van der Waals surface area contributed by atoms with Crippen LogP contribution >= 0.6 is 0 Å². The van der Waals surface area contributed by atoms with Crippen LogP contribution in [0.15, 0.2) is 24.3 Å². The number of hydrogen-bond acceptors (Lipinski definition) is 2. The topological polar surface area (TPSA) is 49.4 Å². The van der Waals surface area contributed by atoms with E-state index in [0.29, 0.717) is 18.8 Å². The lowest BCUT2D eigenvalue weighted by Gasteiger charge is -2.20. The van der Waals surface area contributed by atoms with Gasteiger partial charge in [0, 0.05) is 18.8 Å². The Morgan fingerprint density at radius 3 is 2.00 bits per heavy atom. The summed E-state index contributed by atoms with van der Waals surface area (Å²) in [5, 5.41) is 2.71. The van der Waals surface area contributed by atoms with Crippen molar-refractivity contribution in [3.63, 3.8) is 0 Å². The lowest BCUT2D eigenvalue weighted by molar-refractivity contribution is -0.143. The molecule has 1 aromatic rings. The Labute approximate surface area is 132 Å². The number of rotatable bonds is 1. The van der Waals surface area contributed by atoms with Gasteiger partial charge in [0.05, 0.1) is 0 Å². The normalized spacial score (nSPS) is 16.0. The maximum atomic E-state index is 12.2. The minimum atomic E-state index is -0.537. The van der Waals surface area contributed by atoms with Crippen molar-refractivity contribution in [2.24, 2.45) is 0 Å². The van der Waals surface area contributed by atoms with E-state index >= 15 is 0 Å². The first-order valence-electron chi connectivity index (χ1n) is 8.09. The minimum absolute atomic E-state index is 0.0738. The Balaban J connectivity index is 1.97. The fraction of sp³-hybridized carbons (Fsp3) is 0.556. The molecule has 0 unspecified atom stereocenters. The molecule has 1 fully saturated rings. The van der Waals surface area contributed by atoms with Gasteiger partial charge in [-0.3, -0.25) is 9.59 Å². The average molecular weight is 302 g/mol. The number of carbonyl (C=O) groups is 2. The summed E-state index contributed by atoms with van der Waals surface area (Å²) < 4.78 is 0. The highest BCUT2D eigenvalue weighted by Gasteiger charge is 2.22. The number of carbonyl (C=O) groups excluding carboxylic acids is 2. The fourth-order valence-electron chi connectivity index (χ4n) is 2.66. The predicted molar refractivity (Wildman–Crippen MR) is 88.8 cm³/mol. The monoisotopic (exact) mass is 302 g/mol. The zero-order valence-corrected chi connectivity index (χ0v) is 13.8. The Kier molecular flexibility index (Phi) is 5.22. The molecule has 1 aliphatic heterocycles. The molecular formula is C18H26N2O2. The molecule has 4 nitrogen and oxygen atoms in total. The fourth-order valence-corrected chi connectivity index (χ4v) is 2.66. The number of amides is 2. The van der Waals surface area contributed by atoms with Crippen LogP contribution in [0, 0.1) is 0 Å². The second kappa shape index (κ2) is 6.95. The smallest absolute Gasteiger partial charge is 0.313 e. The van der Waals surface area contributed by atoms with Crippen molar-refractivity contribution in [3.05, 3.63) is 29.8 Å². The van der Waals surface area contributed by atoms with Gasteiger partial charge in [-0.2, -0.15) is 0 Å². The van der Waals surface area contributed by atoms with E-state index in [1.54, 1.807) is 4.90 Å². The summed E-state index contributed by atoms with van der Waals surface area (Å²) in [4.78, 5) is 26.0. The van der Waals surface area contributed by atoms with Crippen LogP contribution < -0.4 is 5.32 Å². The van der Waals surface area contributed by atoms with Gasteiger partial charge in [-0.05, 0) is 36.0 Å². The molecule has 2 rings (SSSR count). The van der Waals surface area contributed by atoms with E-state index in [-0.39, 0.29) is 5.41 Å². The Morgan fingerprint density at radius 1 is 0.955 bits per heavy atom. The molecule has 1 N–H and O–H groups in total. The van der Waals surface area contributed by atoms with Gasteiger partial charge < -0.3 is 10.2 Å². The van der Waals surface area contributed by atoms with Crippen molar-refractivity contribution in [2.45, 2.75) is 51.9 Å². The van der Waals surface area contributed by atoms with Crippen molar-refractivity contribution >= 4 is 17.5 Å². The number of nitrogens with one attached hydrogen (secondary N) is 1. The molecule has 0 aliphatic carbocycles. The van der Waals surface area contributed by atoms with Crippen LogP contribution in [0.3, 0.4) is 0 Å². The lowest BCUT2D eigenvalue weighted by atomic mass is 9.87. The third-order valence-corrected chi connectivity index (χ3v) is 4.10. The van der Waals surface area contributed by atoms with Gasteiger partial charge in [-0.15, -0.1) is 0 Å². The van der Waals surface area contributed by atoms with E-state index in [2.05, 4.69) is 26.1 Å². The van der Waals surface area contributed by atoms with Gasteiger partial charge in [0.25, 0.3) is 0 Å². The second-order valence-electron chi connectivity index (χ2n) is 6.99. The van der Waals surface area contributed by atoms with Crippen LogP contribution in [-0.2, 0) is 15.0 Å². The van der Waals surface area contributed by atoms with Crippen LogP contribution in [0.4, 0.5) is 5.69 Å². The third-order valence-electron chi connectivity index (χ3n) is 4.10. The largest absolute Gasteiger partial charge is 0.334 e. The number of hydrogen-bond donors (Lipinski definition) is 1. The Bertz CT molecular complexity index is 521. The maximum Gasteiger partial charge on any atom is 0.313 e. The summed E-state index contributed by atoms with van der Waals surface area (Å²) in [5.74, 6) is -0.952. The summed E-state index contributed by atoms with van der Waals surface area (Å²) in [6.45, 7) is 7.81. The van der Waals surface area contributed by atoms with Crippen LogP contribution in [0.25, 0.3) is 0 Å². The van der Waals surface area contributed by atoms with Crippen molar-refractivity contribution in [1.29, 1.82) is 0 Å². The van der Waals surface area contributed by atoms with Gasteiger partial charge in [0.1, 0.15) is 0 Å². The van der Waals surface area contributed by atoms with Crippen LogP contribution in [0.2, 0.25) is 0 Å². The molecule has 120 valence electrons. The molecule has 0 radical (unpaired) electrons. The van der Waals surface area contributed by atoms with Gasteiger partial charge in [-0.1, -0.05) is 45.7 Å². The summed E-state index contributed by atoms with van der Waals surface area (Å²) in [7, 11) is 0. The second-order valence-corrected chi connectivity index (χ2v) is 6.99. The van der Waals surface area contributed by atoms with Crippen molar-refractivity contribution in [1.82, 2.24) is 4.90 Å². The predicted octanol–water partition coefficient (Wildman–Crippen LogP) is 3.33. The molecule has 0 saturated carbocycles. The highest BCUT2D eigenvalue weighted by atomic mass is 16.2. The summed E-state index contributed by atoms with van der Waals surface area (Å²) >= 11 is 0. The van der Waals surface area contributed by atoms with Crippen LogP contribution in [0.1, 0.15) is 52.0 Å². The van der Waals surface area contributed by atoms with Gasteiger partial charge in [0.2, 0.25) is 0 Å². The highest BCUT2D eigenvalue weighted by Crippen LogP contribution is 2.23. The number of likely N-dealkylation sites (tertiary alicyclic amines) is 1. The molecule has 0 bridgehead atoms. The van der Waals surface area contributed by atoms with E-state index in [4.69, 9.17) is 0 Å². The van der Waals surface area contributed by atoms with E-state index in [0.717, 1.165) is 25.7 Å². The molecule has 22 heavy (non-hydrogen) atoms. The quantitative estimate of drug-likeness (QED) is 0.809. The van der Waals surface area contributed by atoms with Crippen molar-refractivity contribution < 1.29 is 9.59 Å². The molecule has 4 heteroatoms. The molecular weight excluding hydrogens is 276 g/mol. The van der Waals surface area contributed by atoms with E-state index in [1.807, 2.05) is 24.3 Å². The van der Waals surface area contributed by atoms with E-state index in [1.165, 1.54) is 5.56 Å². The number of nitrogens with zero attached hydrogens (tertiary/aromatic N) is 1. The van der Waals surface area contributed by atoms with Crippen molar-refractivity contribution in [2.75, 3.05) is 18.4 Å². The lowest BCUT2D eigenvalue weighted by Crippen LogP contribution is -2.40. The van der Waals surface area contributed by atoms with Crippen LogP contribution in [0.5, 0.6) is 0 Å². The molecule has 0 atom stereocenters. The molecule has 0 spiro atoms. The average Bonchev–Trinajstić information content (AvgIpc) is 2.75. The summed E-state index contributed by atoms with van der Waals surface area (Å²) in [6, 6.07) is 7.69. The number of benzene rings is 1. The number of anilines is 1. The first kappa shape index (κ1) is 16.5. The van der Waals surface area contributed by atoms with Gasteiger partial charge >= 0.3 is 11.8 Å². The first-order valence-corrected chi connectivity index (χ1v) is 8.09. The zero-order chi connectivity index (χ0) is 16.2. The zero-order valence-electron chi connectivity index (χ0n) is 13.8. The molecule has 0 aromatic heterocycles. The summed E-state index contributed by atoms with van der Waals surface area (Å²) in [6.07, 6.45) is 4.25. The standard InChI is InChI=1S/C18H26N2O2/c1-18(2,3)14-8-10-15(11-9-14)19-16(21)17(22)20-12-6-4-5-7-13-20/h8-11H,4-7,12-13H2,1-3H3,(H,19,21).